The van der Waals surface area contributed by atoms with Gasteiger partial charge in [-0.15, -0.1) is 0 Å². The monoisotopic (exact) mass is 391 g/mol. The van der Waals surface area contributed by atoms with E-state index in [4.69, 9.17) is 16.7 Å². The van der Waals surface area contributed by atoms with Crippen molar-refractivity contribution in [3.8, 4) is 22.4 Å². The molecule has 6 nitrogen and oxygen atoms in total. The number of aliphatic hydroxyl groups is 1. The van der Waals surface area contributed by atoms with Crippen molar-refractivity contribution in [1.82, 2.24) is 9.78 Å². The van der Waals surface area contributed by atoms with Gasteiger partial charge in [0, 0.05) is 22.7 Å². The normalized spacial score (nSPS) is 11.7. The number of aliphatic hydroxyl groups excluding tert-OH is 1. The van der Waals surface area contributed by atoms with Gasteiger partial charge in [0.15, 0.2) is 0 Å². The van der Waals surface area contributed by atoms with Crippen LogP contribution in [0.15, 0.2) is 53.4 Å². The molecule has 0 amide bonds. The van der Waals surface area contributed by atoms with E-state index in [2.05, 4.69) is 5.10 Å². The summed E-state index contributed by atoms with van der Waals surface area (Å²) in [5.74, 6) is 0. The van der Waals surface area contributed by atoms with Gasteiger partial charge in [-0.3, -0.25) is 4.68 Å². The van der Waals surface area contributed by atoms with Crippen LogP contribution in [-0.4, -0.2) is 23.3 Å². The lowest BCUT2D eigenvalue weighted by Gasteiger charge is -2.09. The zero-order valence-electron chi connectivity index (χ0n) is 14.1. The lowest BCUT2D eigenvalue weighted by molar-refractivity contribution is 0.269. The van der Waals surface area contributed by atoms with Gasteiger partial charge in [0.25, 0.3) is 0 Å². The Kier molecular flexibility index (Phi) is 5.15. The summed E-state index contributed by atoms with van der Waals surface area (Å²) in [4.78, 5) is -0.0135. The maximum atomic E-state index is 12.0. The van der Waals surface area contributed by atoms with Gasteiger partial charge in [0.05, 0.1) is 17.2 Å². The van der Waals surface area contributed by atoms with Crippen molar-refractivity contribution in [3.63, 3.8) is 0 Å². The van der Waals surface area contributed by atoms with Gasteiger partial charge < -0.3 is 5.11 Å². The van der Waals surface area contributed by atoms with E-state index in [0.29, 0.717) is 34.1 Å². The average Bonchev–Trinajstić information content (AvgIpc) is 3.00. The fraction of sp³-hybridized carbons (Fsp3) is 0.167. The number of aromatic nitrogens is 2. The second kappa shape index (κ2) is 7.20. The molecule has 0 fully saturated rings. The van der Waals surface area contributed by atoms with Crippen molar-refractivity contribution in [2.24, 2.45) is 5.14 Å². The lowest BCUT2D eigenvalue weighted by atomic mass is 9.99. The minimum Gasteiger partial charge on any atom is -0.390 e. The molecule has 136 valence electrons. The van der Waals surface area contributed by atoms with E-state index >= 15 is 0 Å². The van der Waals surface area contributed by atoms with Gasteiger partial charge in [0.2, 0.25) is 10.0 Å². The zero-order valence-corrected chi connectivity index (χ0v) is 15.6. The minimum atomic E-state index is -3.94. The summed E-state index contributed by atoms with van der Waals surface area (Å²) in [6.45, 7) is 2.18. The Morgan fingerprint density at radius 1 is 1.15 bits per heavy atom. The van der Waals surface area contributed by atoms with Crippen LogP contribution in [0.4, 0.5) is 0 Å². The minimum absolute atomic E-state index is 0.0135. The highest BCUT2D eigenvalue weighted by Crippen LogP contribution is 2.37. The largest absolute Gasteiger partial charge is 0.390 e. The molecule has 3 aromatic rings. The Labute approximate surface area is 156 Å². The van der Waals surface area contributed by atoms with Crippen LogP contribution in [0.5, 0.6) is 0 Å². The number of aryl methyl sites for hydroxylation is 1. The van der Waals surface area contributed by atoms with E-state index < -0.39 is 10.0 Å². The van der Waals surface area contributed by atoms with E-state index in [1.807, 2.05) is 19.1 Å². The van der Waals surface area contributed by atoms with E-state index in [9.17, 15) is 13.5 Å². The van der Waals surface area contributed by atoms with Crippen LogP contribution in [-0.2, 0) is 23.2 Å². The maximum absolute atomic E-state index is 12.0. The molecule has 0 unspecified atom stereocenters. The fourth-order valence-electron chi connectivity index (χ4n) is 2.94. The van der Waals surface area contributed by atoms with Crippen LogP contribution in [0.2, 0.25) is 5.02 Å². The van der Waals surface area contributed by atoms with Gasteiger partial charge in [0.1, 0.15) is 5.69 Å². The van der Waals surface area contributed by atoms with Crippen LogP contribution >= 0.6 is 11.6 Å². The molecule has 8 heteroatoms. The van der Waals surface area contributed by atoms with Crippen molar-refractivity contribution >= 4 is 21.6 Å². The van der Waals surface area contributed by atoms with Crippen molar-refractivity contribution in [2.75, 3.05) is 0 Å². The number of primary sulfonamides is 1. The van der Waals surface area contributed by atoms with Gasteiger partial charge >= 0.3 is 0 Å². The van der Waals surface area contributed by atoms with Crippen molar-refractivity contribution in [2.45, 2.75) is 25.0 Å². The highest BCUT2D eigenvalue weighted by atomic mass is 35.5. The van der Waals surface area contributed by atoms with Crippen LogP contribution in [0.25, 0.3) is 22.4 Å². The van der Waals surface area contributed by atoms with E-state index in [-0.39, 0.29) is 11.5 Å². The molecule has 0 saturated carbocycles. The predicted molar refractivity (Wildman–Crippen MR) is 101 cm³/mol. The second-order valence-electron chi connectivity index (χ2n) is 5.69. The molecule has 1 heterocycles. The maximum Gasteiger partial charge on any atom is 0.238 e. The molecule has 0 spiro atoms. The fourth-order valence-corrected chi connectivity index (χ4v) is 3.80. The molecular formula is C18H18ClN3O3S. The molecule has 26 heavy (non-hydrogen) atoms. The summed E-state index contributed by atoms with van der Waals surface area (Å²) >= 11 is 5.98. The first-order valence-corrected chi connectivity index (χ1v) is 9.88. The van der Waals surface area contributed by atoms with Gasteiger partial charge in [-0.2, -0.15) is 5.10 Å². The topological polar surface area (TPSA) is 98.2 Å². The molecule has 0 aliphatic rings. The number of halogens is 1. The predicted octanol–water partition coefficient (Wildman–Crippen LogP) is 3.03. The van der Waals surface area contributed by atoms with Crippen molar-refractivity contribution in [1.29, 1.82) is 0 Å². The van der Waals surface area contributed by atoms with Gasteiger partial charge in [-0.25, -0.2) is 13.6 Å². The molecule has 0 radical (unpaired) electrons. The molecule has 0 saturated heterocycles. The summed E-state index contributed by atoms with van der Waals surface area (Å²) in [5.41, 5.74) is 2.86. The Morgan fingerprint density at radius 2 is 1.81 bits per heavy atom. The molecule has 3 N–H and O–H groups in total. The smallest absolute Gasteiger partial charge is 0.238 e. The van der Waals surface area contributed by atoms with E-state index in [0.717, 1.165) is 5.56 Å². The van der Waals surface area contributed by atoms with Crippen LogP contribution < -0.4 is 5.14 Å². The highest BCUT2D eigenvalue weighted by Gasteiger charge is 2.24. The second-order valence-corrected chi connectivity index (χ2v) is 7.66. The van der Waals surface area contributed by atoms with Crippen LogP contribution in [0.3, 0.4) is 0 Å². The Bertz CT molecular complexity index is 1040. The molecule has 0 aliphatic heterocycles. The average molecular weight is 392 g/mol. The van der Waals surface area contributed by atoms with E-state index in [1.54, 1.807) is 35.0 Å². The lowest BCUT2D eigenvalue weighted by Crippen LogP contribution is -2.13. The highest BCUT2D eigenvalue weighted by molar-refractivity contribution is 7.89. The first kappa shape index (κ1) is 18.6. The third-order valence-electron chi connectivity index (χ3n) is 4.09. The van der Waals surface area contributed by atoms with Crippen LogP contribution in [0, 0.1) is 0 Å². The third-order valence-corrected chi connectivity index (χ3v) is 5.31. The first-order chi connectivity index (χ1) is 12.4. The molecular weight excluding hydrogens is 374 g/mol. The summed E-state index contributed by atoms with van der Waals surface area (Å²) in [6, 6.07) is 13.5. The van der Waals surface area contributed by atoms with Gasteiger partial charge in [-0.1, -0.05) is 41.9 Å². The Morgan fingerprint density at radius 3 is 2.38 bits per heavy atom. The molecule has 1 aromatic heterocycles. The number of rotatable bonds is 5. The number of sulfonamides is 1. The molecule has 0 atom stereocenters. The quantitative estimate of drug-likeness (QED) is 0.698. The number of hydrogen-bond donors (Lipinski definition) is 2. The molecule has 0 aliphatic carbocycles. The zero-order chi connectivity index (χ0) is 18.9. The Balaban J connectivity index is 2.36. The summed E-state index contributed by atoms with van der Waals surface area (Å²) in [6.07, 6.45) is 0. The van der Waals surface area contributed by atoms with Crippen molar-refractivity contribution < 1.29 is 13.5 Å². The Hall–Kier alpha value is -2.19. The standard InChI is InChI=1S/C18H18ClN3O3S/c1-2-22-15(11-23)17(12-7-9-13(19)10-8-12)18(21-22)14-5-3-4-6-16(14)26(20,24)25/h3-10,23H,2,11H2,1H3,(H2,20,24,25). The van der Waals surface area contributed by atoms with Crippen LogP contribution in [0.1, 0.15) is 12.6 Å². The van der Waals surface area contributed by atoms with Gasteiger partial charge in [-0.05, 0) is 30.7 Å². The number of benzene rings is 2. The van der Waals surface area contributed by atoms with Crippen molar-refractivity contribution in [3.05, 3.63) is 59.2 Å². The summed E-state index contributed by atoms with van der Waals surface area (Å²) in [7, 11) is -3.94. The first-order valence-electron chi connectivity index (χ1n) is 7.95. The molecule has 3 rings (SSSR count). The molecule has 2 aromatic carbocycles. The van der Waals surface area contributed by atoms with E-state index in [1.165, 1.54) is 6.07 Å². The number of nitrogens with two attached hydrogens (primary N) is 1. The third kappa shape index (κ3) is 3.39. The number of nitrogens with zero attached hydrogens (tertiary/aromatic N) is 2. The summed E-state index contributed by atoms with van der Waals surface area (Å²) in [5, 5.41) is 20.4. The number of hydrogen-bond acceptors (Lipinski definition) is 4. The summed E-state index contributed by atoms with van der Waals surface area (Å²) < 4.78 is 25.7. The molecule has 0 bridgehead atoms. The SMILES string of the molecule is CCn1nc(-c2ccccc2S(N)(=O)=O)c(-c2ccc(Cl)cc2)c1CO.